The lowest BCUT2D eigenvalue weighted by atomic mass is 10.1. The average molecular weight is 413 g/mol. The highest BCUT2D eigenvalue weighted by molar-refractivity contribution is 5.43. The highest BCUT2D eigenvalue weighted by Gasteiger charge is 1.99. The lowest BCUT2D eigenvalue weighted by Crippen LogP contribution is -1.86. The molecule has 0 heterocycles. The number of benzene rings is 2. The Morgan fingerprint density at radius 3 is 1.63 bits per heavy atom. The molecule has 0 saturated carbocycles. The number of rotatable bonds is 0. The van der Waals surface area contributed by atoms with Crippen molar-refractivity contribution in [3.8, 4) is 23.7 Å². The number of aryl methyl sites for hydroxylation is 2. The van der Waals surface area contributed by atoms with Crippen molar-refractivity contribution in [2.24, 2.45) is 11.8 Å². The Morgan fingerprint density at radius 1 is 0.667 bits per heavy atom. The van der Waals surface area contributed by atoms with Gasteiger partial charge in [-0.15, -0.1) is 0 Å². The van der Waals surface area contributed by atoms with E-state index in [1.54, 1.807) is 0 Å². The Kier molecular flexibility index (Phi) is 17.1. The Hall–Kier alpha value is -2.58. The van der Waals surface area contributed by atoms with Crippen molar-refractivity contribution in [3.63, 3.8) is 0 Å². The van der Waals surface area contributed by atoms with Crippen LogP contribution >= 0.6 is 0 Å². The van der Waals surface area contributed by atoms with Crippen molar-refractivity contribution < 1.29 is 8.78 Å². The van der Waals surface area contributed by atoms with Crippen LogP contribution in [0.15, 0.2) is 36.4 Å². The minimum absolute atomic E-state index is 0.185. The fourth-order valence-corrected chi connectivity index (χ4v) is 1.91. The van der Waals surface area contributed by atoms with Gasteiger partial charge in [0, 0.05) is 23.5 Å². The van der Waals surface area contributed by atoms with Crippen LogP contribution in [0.4, 0.5) is 8.78 Å². The molecule has 0 saturated heterocycles. The fraction of sp³-hybridized carbons (Fsp3) is 0.429. The summed E-state index contributed by atoms with van der Waals surface area (Å²) in [6.07, 6.45) is 0. The maximum absolute atomic E-state index is 13.0. The Bertz CT molecular complexity index is 854. The van der Waals surface area contributed by atoms with Crippen molar-refractivity contribution >= 4 is 0 Å². The third-order valence-corrected chi connectivity index (χ3v) is 3.32. The number of hydrogen-bond acceptors (Lipinski definition) is 0. The second-order valence-corrected chi connectivity index (χ2v) is 6.79. The molecule has 2 aromatic carbocycles. The van der Waals surface area contributed by atoms with Gasteiger partial charge in [0.2, 0.25) is 0 Å². The molecule has 0 atom stereocenters. The summed E-state index contributed by atoms with van der Waals surface area (Å²) in [5.74, 6) is 11.3. The topological polar surface area (TPSA) is 0 Å². The monoisotopic (exact) mass is 412 g/mol. The van der Waals surface area contributed by atoms with Crippen molar-refractivity contribution in [1.29, 1.82) is 0 Å². The molecule has 30 heavy (non-hydrogen) atoms. The van der Waals surface area contributed by atoms with Gasteiger partial charge in [-0.05, 0) is 43.2 Å². The third kappa shape index (κ3) is 13.6. The van der Waals surface area contributed by atoms with Gasteiger partial charge in [-0.1, -0.05) is 91.2 Å². The summed E-state index contributed by atoms with van der Waals surface area (Å²) < 4.78 is 25.4. The van der Waals surface area contributed by atoms with Gasteiger partial charge in [-0.25, -0.2) is 8.78 Å². The van der Waals surface area contributed by atoms with Crippen LogP contribution in [-0.2, 0) is 0 Å². The molecule has 164 valence electrons. The standard InChI is InChI=1S/C13H16.C11H10F2.2C2H6/c1-10(2)5-8-13-9-11(3)6-7-12(13)4;1-8(2)3-4-9-5-6-10(12)7-11(9)13;2*1-2/h6-7,9-10H,1-4H3;5-8H,1-2H3;2*1-2H3. The lowest BCUT2D eigenvalue weighted by molar-refractivity contribution is 0.581. The van der Waals surface area contributed by atoms with Gasteiger partial charge in [-0.3, -0.25) is 0 Å². The molecular formula is C28H38F2. The van der Waals surface area contributed by atoms with Gasteiger partial charge in [0.1, 0.15) is 11.6 Å². The predicted molar refractivity (Wildman–Crippen MR) is 128 cm³/mol. The summed E-state index contributed by atoms with van der Waals surface area (Å²) >= 11 is 0. The molecule has 0 aromatic heterocycles. The molecule has 0 fully saturated rings. The van der Waals surface area contributed by atoms with Gasteiger partial charge in [0.15, 0.2) is 0 Å². The SMILES string of the molecule is CC.CC.CC(C)C#Cc1ccc(F)cc1F.Cc1ccc(C)c(C#CC(C)C)c1. The Balaban J connectivity index is 0. The summed E-state index contributed by atoms with van der Waals surface area (Å²) in [5, 5.41) is 0. The summed E-state index contributed by atoms with van der Waals surface area (Å²) in [7, 11) is 0. The molecule has 0 bridgehead atoms. The van der Waals surface area contributed by atoms with Crippen molar-refractivity contribution in [1.82, 2.24) is 0 Å². The molecule has 0 N–H and O–H groups in total. The van der Waals surface area contributed by atoms with E-state index in [9.17, 15) is 8.78 Å². The maximum atomic E-state index is 13.0. The van der Waals surface area contributed by atoms with E-state index in [0.29, 0.717) is 5.92 Å². The van der Waals surface area contributed by atoms with Crippen LogP contribution in [0.25, 0.3) is 0 Å². The van der Waals surface area contributed by atoms with Gasteiger partial charge in [-0.2, -0.15) is 0 Å². The van der Waals surface area contributed by atoms with E-state index in [-0.39, 0.29) is 11.5 Å². The van der Waals surface area contributed by atoms with Crippen molar-refractivity contribution in [2.75, 3.05) is 0 Å². The van der Waals surface area contributed by atoms with Crippen LogP contribution in [0.2, 0.25) is 0 Å². The van der Waals surface area contributed by atoms with Crippen molar-refractivity contribution in [3.05, 3.63) is 70.3 Å². The molecule has 2 rings (SSSR count). The van der Waals surface area contributed by atoms with Crippen LogP contribution in [0, 0.1) is 61.0 Å². The van der Waals surface area contributed by atoms with Crippen LogP contribution in [0.5, 0.6) is 0 Å². The first-order chi connectivity index (χ1) is 14.2. The summed E-state index contributed by atoms with van der Waals surface area (Å²) in [6.45, 7) is 20.2. The molecular weight excluding hydrogens is 374 g/mol. The second kappa shape index (κ2) is 17.3. The van der Waals surface area contributed by atoms with E-state index in [4.69, 9.17) is 0 Å². The van der Waals surface area contributed by atoms with Crippen LogP contribution in [-0.4, -0.2) is 0 Å². The van der Waals surface area contributed by atoms with Gasteiger partial charge in [0.05, 0.1) is 5.56 Å². The van der Waals surface area contributed by atoms with E-state index in [1.807, 2.05) is 41.5 Å². The van der Waals surface area contributed by atoms with Crippen LogP contribution in [0.1, 0.15) is 77.6 Å². The molecule has 0 aliphatic rings. The highest BCUT2D eigenvalue weighted by atomic mass is 19.1. The highest BCUT2D eigenvalue weighted by Crippen LogP contribution is 2.09. The van der Waals surface area contributed by atoms with E-state index in [0.717, 1.165) is 11.6 Å². The zero-order valence-corrected chi connectivity index (χ0v) is 20.4. The molecule has 0 aliphatic carbocycles. The van der Waals surface area contributed by atoms with E-state index >= 15 is 0 Å². The predicted octanol–water partition coefficient (Wildman–Crippen LogP) is 8.34. The van der Waals surface area contributed by atoms with Gasteiger partial charge in [0.25, 0.3) is 0 Å². The third-order valence-electron chi connectivity index (χ3n) is 3.32. The Labute approximate surface area is 184 Å². The molecule has 0 spiro atoms. The van der Waals surface area contributed by atoms with Gasteiger partial charge < -0.3 is 0 Å². The van der Waals surface area contributed by atoms with E-state index < -0.39 is 11.6 Å². The molecule has 0 radical (unpaired) electrons. The van der Waals surface area contributed by atoms with E-state index in [1.165, 1.54) is 23.3 Å². The average Bonchev–Trinajstić information content (AvgIpc) is 2.71. The first kappa shape index (κ1) is 29.6. The molecule has 0 unspecified atom stereocenters. The first-order valence-electron chi connectivity index (χ1n) is 10.7. The quantitative estimate of drug-likeness (QED) is 0.381. The van der Waals surface area contributed by atoms with E-state index in [2.05, 4.69) is 69.6 Å². The second-order valence-electron chi connectivity index (χ2n) is 6.79. The van der Waals surface area contributed by atoms with Crippen molar-refractivity contribution in [2.45, 2.75) is 69.2 Å². The largest absolute Gasteiger partial charge is 0.207 e. The molecule has 2 heteroatoms. The Morgan fingerprint density at radius 2 is 1.17 bits per heavy atom. The first-order valence-corrected chi connectivity index (χ1v) is 10.7. The smallest absolute Gasteiger partial charge is 0.141 e. The number of hydrogen-bond donors (Lipinski definition) is 0. The fourth-order valence-electron chi connectivity index (χ4n) is 1.91. The zero-order chi connectivity index (χ0) is 23.7. The summed E-state index contributed by atoms with van der Waals surface area (Å²) in [4.78, 5) is 0. The maximum Gasteiger partial charge on any atom is 0.141 e. The molecule has 0 nitrogen and oxygen atoms in total. The summed E-state index contributed by atoms with van der Waals surface area (Å²) in [5.41, 5.74) is 3.95. The minimum atomic E-state index is -0.604. The van der Waals surface area contributed by atoms with Crippen LogP contribution < -0.4 is 0 Å². The van der Waals surface area contributed by atoms with Crippen LogP contribution in [0.3, 0.4) is 0 Å². The molecule has 0 aliphatic heterocycles. The lowest BCUT2D eigenvalue weighted by Gasteiger charge is -1.99. The minimum Gasteiger partial charge on any atom is -0.207 e. The zero-order valence-electron chi connectivity index (χ0n) is 20.4. The molecule has 2 aromatic rings. The number of halogens is 2. The summed E-state index contributed by atoms with van der Waals surface area (Å²) in [6, 6.07) is 9.78. The normalized spacial score (nSPS) is 8.73. The molecule has 0 amide bonds. The van der Waals surface area contributed by atoms with Gasteiger partial charge >= 0.3 is 0 Å².